The van der Waals surface area contributed by atoms with Crippen LogP contribution >= 0.6 is 9.24 Å². The van der Waals surface area contributed by atoms with Crippen LogP contribution in [-0.2, 0) is 6.16 Å². The monoisotopic (exact) mass is 166 g/mol. The molecule has 0 saturated heterocycles. The van der Waals surface area contributed by atoms with Gasteiger partial charge in [-0.05, 0) is 23.2 Å². The first kappa shape index (κ1) is 8.74. The molecule has 0 aliphatic heterocycles. The molecule has 0 fully saturated rings. The summed E-state index contributed by atoms with van der Waals surface area (Å²) in [5.41, 5.74) is 2.81. The Bertz CT molecular complexity index is 211. The van der Waals surface area contributed by atoms with Gasteiger partial charge in [0.15, 0.2) is 0 Å². The minimum absolute atomic E-state index is 0.647. The lowest BCUT2D eigenvalue weighted by atomic mass is 10.0. The third-order valence-corrected chi connectivity index (χ3v) is 2.35. The highest BCUT2D eigenvalue weighted by Crippen LogP contribution is 2.15. The molecule has 0 bridgehead atoms. The van der Waals surface area contributed by atoms with E-state index in [1.165, 1.54) is 11.1 Å². The predicted molar refractivity (Wildman–Crippen MR) is 53.9 cm³/mol. The van der Waals surface area contributed by atoms with E-state index in [1.54, 1.807) is 0 Å². The van der Waals surface area contributed by atoms with Crippen molar-refractivity contribution in [3.63, 3.8) is 0 Å². The van der Waals surface area contributed by atoms with Crippen LogP contribution in [0, 0.1) is 0 Å². The van der Waals surface area contributed by atoms with Crippen molar-refractivity contribution in [3.8, 4) is 0 Å². The van der Waals surface area contributed by atoms with Crippen LogP contribution in [0.4, 0.5) is 0 Å². The molecule has 1 aromatic carbocycles. The highest BCUT2D eigenvalue weighted by atomic mass is 31.0. The molecule has 0 nitrogen and oxygen atoms in total. The van der Waals surface area contributed by atoms with E-state index in [1.807, 2.05) is 0 Å². The molecule has 1 heteroatoms. The zero-order valence-electron chi connectivity index (χ0n) is 7.17. The molecular formula is C10H15P. The Morgan fingerprint density at radius 1 is 1.18 bits per heavy atom. The van der Waals surface area contributed by atoms with Crippen LogP contribution in [-0.4, -0.2) is 0 Å². The van der Waals surface area contributed by atoms with Crippen molar-refractivity contribution in [2.45, 2.75) is 25.9 Å². The van der Waals surface area contributed by atoms with E-state index >= 15 is 0 Å². The zero-order chi connectivity index (χ0) is 8.27. The van der Waals surface area contributed by atoms with Crippen LogP contribution in [0.25, 0.3) is 0 Å². The van der Waals surface area contributed by atoms with E-state index < -0.39 is 0 Å². The Labute approximate surface area is 71.2 Å². The van der Waals surface area contributed by atoms with E-state index in [0.717, 1.165) is 6.16 Å². The lowest BCUT2D eigenvalue weighted by Gasteiger charge is -2.04. The van der Waals surface area contributed by atoms with E-state index in [-0.39, 0.29) is 0 Å². The standard InChI is InChI=1S/C10H15P/c1-8(2)10-5-3-9(7-11)4-6-10/h3-6,8H,7,11H2,1-2H3. The Morgan fingerprint density at radius 2 is 1.73 bits per heavy atom. The fourth-order valence-corrected chi connectivity index (χ4v) is 1.31. The van der Waals surface area contributed by atoms with Crippen LogP contribution in [0.2, 0.25) is 0 Å². The Morgan fingerprint density at radius 3 is 2.09 bits per heavy atom. The molecule has 0 N–H and O–H groups in total. The van der Waals surface area contributed by atoms with Crippen molar-refractivity contribution in [2.75, 3.05) is 0 Å². The summed E-state index contributed by atoms with van der Waals surface area (Å²) in [5, 5.41) is 0. The third-order valence-electron chi connectivity index (χ3n) is 1.88. The van der Waals surface area contributed by atoms with Gasteiger partial charge in [0, 0.05) is 0 Å². The van der Waals surface area contributed by atoms with Gasteiger partial charge in [-0.15, -0.1) is 9.24 Å². The number of hydrogen-bond donors (Lipinski definition) is 0. The lowest BCUT2D eigenvalue weighted by Crippen LogP contribution is -1.86. The molecule has 0 saturated carbocycles. The maximum Gasteiger partial charge on any atom is -0.0128 e. The van der Waals surface area contributed by atoms with Gasteiger partial charge in [0.1, 0.15) is 0 Å². The van der Waals surface area contributed by atoms with Crippen LogP contribution in [0.1, 0.15) is 30.9 Å². The van der Waals surface area contributed by atoms with Gasteiger partial charge in [-0.2, -0.15) is 0 Å². The fourth-order valence-electron chi connectivity index (χ4n) is 1.04. The van der Waals surface area contributed by atoms with Crippen LogP contribution in [0.5, 0.6) is 0 Å². The molecule has 11 heavy (non-hydrogen) atoms. The van der Waals surface area contributed by atoms with E-state index in [0.29, 0.717) is 5.92 Å². The maximum atomic E-state index is 2.73. The molecule has 0 amide bonds. The number of benzene rings is 1. The third kappa shape index (κ3) is 2.31. The summed E-state index contributed by atoms with van der Waals surface area (Å²) in [4.78, 5) is 0. The molecule has 1 unspecified atom stereocenters. The zero-order valence-corrected chi connectivity index (χ0v) is 8.33. The molecular weight excluding hydrogens is 151 g/mol. The summed E-state index contributed by atoms with van der Waals surface area (Å²) >= 11 is 0. The van der Waals surface area contributed by atoms with Gasteiger partial charge in [-0.3, -0.25) is 0 Å². The van der Waals surface area contributed by atoms with Gasteiger partial charge in [0.25, 0.3) is 0 Å². The fraction of sp³-hybridized carbons (Fsp3) is 0.400. The van der Waals surface area contributed by atoms with Crippen molar-refractivity contribution in [2.24, 2.45) is 0 Å². The molecule has 0 aliphatic carbocycles. The molecule has 1 atom stereocenters. The second-order valence-electron chi connectivity index (χ2n) is 3.10. The van der Waals surface area contributed by atoms with Gasteiger partial charge in [-0.1, -0.05) is 38.1 Å². The molecule has 1 aromatic rings. The van der Waals surface area contributed by atoms with Gasteiger partial charge >= 0.3 is 0 Å². The second kappa shape index (κ2) is 3.88. The topological polar surface area (TPSA) is 0 Å². The smallest absolute Gasteiger partial charge is 0.0128 e. The van der Waals surface area contributed by atoms with E-state index in [4.69, 9.17) is 0 Å². The van der Waals surface area contributed by atoms with Crippen molar-refractivity contribution in [3.05, 3.63) is 35.4 Å². The quantitative estimate of drug-likeness (QED) is 0.592. The summed E-state index contributed by atoms with van der Waals surface area (Å²) in [5.74, 6) is 0.647. The molecule has 1 rings (SSSR count). The summed E-state index contributed by atoms with van der Waals surface area (Å²) in [6, 6.07) is 8.82. The molecule has 60 valence electrons. The molecule has 0 heterocycles. The first-order valence-electron chi connectivity index (χ1n) is 4.03. The molecule has 0 aromatic heterocycles. The van der Waals surface area contributed by atoms with Crippen molar-refractivity contribution >= 4 is 9.24 Å². The Balaban J connectivity index is 2.83. The number of rotatable bonds is 2. The van der Waals surface area contributed by atoms with Gasteiger partial charge in [0.05, 0.1) is 0 Å². The van der Waals surface area contributed by atoms with Gasteiger partial charge in [-0.25, -0.2) is 0 Å². The predicted octanol–water partition coefficient (Wildman–Crippen LogP) is 3.19. The highest BCUT2D eigenvalue weighted by Gasteiger charge is 1.96. The largest absolute Gasteiger partial charge is 0.133 e. The van der Waals surface area contributed by atoms with Crippen LogP contribution in [0.3, 0.4) is 0 Å². The Kier molecular flexibility index (Phi) is 3.08. The first-order valence-corrected chi connectivity index (χ1v) is 4.84. The Hall–Kier alpha value is -0.350. The minimum atomic E-state index is 0.647. The molecule has 0 radical (unpaired) electrons. The average Bonchev–Trinajstić information content (AvgIpc) is 2.05. The molecule has 0 aliphatic rings. The normalized spacial score (nSPS) is 10.5. The van der Waals surface area contributed by atoms with Crippen LogP contribution in [0.15, 0.2) is 24.3 Å². The number of hydrogen-bond acceptors (Lipinski definition) is 0. The minimum Gasteiger partial charge on any atom is -0.133 e. The van der Waals surface area contributed by atoms with Crippen molar-refractivity contribution in [1.29, 1.82) is 0 Å². The first-order chi connectivity index (χ1) is 5.24. The van der Waals surface area contributed by atoms with Crippen molar-refractivity contribution < 1.29 is 0 Å². The SMILES string of the molecule is CC(C)c1ccc(CP)cc1. The van der Waals surface area contributed by atoms with Gasteiger partial charge in [0.2, 0.25) is 0 Å². The summed E-state index contributed by atoms with van der Waals surface area (Å²) < 4.78 is 0. The van der Waals surface area contributed by atoms with Gasteiger partial charge < -0.3 is 0 Å². The van der Waals surface area contributed by atoms with E-state index in [2.05, 4.69) is 47.4 Å². The second-order valence-corrected chi connectivity index (χ2v) is 3.51. The summed E-state index contributed by atoms with van der Waals surface area (Å²) in [6.07, 6.45) is 1.05. The summed E-state index contributed by atoms with van der Waals surface area (Å²) in [6.45, 7) is 4.44. The maximum absolute atomic E-state index is 2.73. The summed E-state index contributed by atoms with van der Waals surface area (Å²) in [7, 11) is 2.73. The van der Waals surface area contributed by atoms with Crippen LogP contribution < -0.4 is 0 Å². The van der Waals surface area contributed by atoms with Crippen molar-refractivity contribution in [1.82, 2.24) is 0 Å². The van der Waals surface area contributed by atoms with E-state index in [9.17, 15) is 0 Å². The molecule has 0 spiro atoms. The highest BCUT2D eigenvalue weighted by molar-refractivity contribution is 7.15. The lowest BCUT2D eigenvalue weighted by molar-refractivity contribution is 0.866. The average molecular weight is 166 g/mol.